The van der Waals surface area contributed by atoms with Crippen molar-refractivity contribution >= 4 is 26.0 Å². The first-order valence-corrected chi connectivity index (χ1v) is 9.47. The van der Waals surface area contributed by atoms with Gasteiger partial charge in [0.05, 0.1) is 31.9 Å². The highest BCUT2D eigenvalue weighted by molar-refractivity contribution is 9.10. The lowest BCUT2D eigenvalue weighted by molar-refractivity contribution is -0.917. The van der Waals surface area contributed by atoms with Crippen molar-refractivity contribution in [2.75, 3.05) is 31.9 Å². The van der Waals surface area contributed by atoms with Gasteiger partial charge in [0.2, 0.25) is 10.0 Å². The van der Waals surface area contributed by atoms with E-state index in [0.717, 1.165) is 24.1 Å². The zero-order valence-corrected chi connectivity index (χ0v) is 14.2. The fourth-order valence-corrected chi connectivity index (χ4v) is 4.31. The Bertz CT molecular complexity index is 523. The molecule has 1 aromatic carbocycles. The molecular formula is C14H22BrN2O2S+. The number of benzene rings is 1. The predicted molar refractivity (Wildman–Crippen MR) is 84.2 cm³/mol. The molecule has 0 aromatic heterocycles. The van der Waals surface area contributed by atoms with Crippen molar-refractivity contribution in [2.24, 2.45) is 0 Å². The normalized spacial score (nSPS) is 18.3. The van der Waals surface area contributed by atoms with Crippen molar-refractivity contribution in [2.45, 2.75) is 19.9 Å². The van der Waals surface area contributed by atoms with Gasteiger partial charge in [-0.3, -0.25) is 0 Å². The Kier molecular flexibility index (Phi) is 5.60. The molecular weight excluding hydrogens is 340 g/mol. The van der Waals surface area contributed by atoms with E-state index in [1.54, 1.807) is 4.31 Å². The first-order valence-electron chi connectivity index (χ1n) is 7.07. The van der Waals surface area contributed by atoms with Crippen molar-refractivity contribution in [3.63, 3.8) is 0 Å². The summed E-state index contributed by atoms with van der Waals surface area (Å²) >= 11 is 3.43. The molecule has 6 heteroatoms. The third-order valence-electron chi connectivity index (χ3n) is 3.65. The molecule has 112 valence electrons. The summed E-state index contributed by atoms with van der Waals surface area (Å²) in [7, 11) is -3.02. The van der Waals surface area contributed by atoms with Gasteiger partial charge >= 0.3 is 0 Å². The molecule has 1 saturated heterocycles. The van der Waals surface area contributed by atoms with Crippen LogP contribution in [0.25, 0.3) is 0 Å². The number of hydrogen-bond acceptors (Lipinski definition) is 2. The number of piperazine rings is 1. The smallest absolute Gasteiger partial charge is 0.214 e. The summed E-state index contributed by atoms with van der Waals surface area (Å²) in [6, 6.07) is 8.35. The molecule has 0 aliphatic carbocycles. The van der Waals surface area contributed by atoms with Gasteiger partial charge in [-0.25, -0.2) is 8.42 Å². The first kappa shape index (κ1) is 15.9. The summed E-state index contributed by atoms with van der Waals surface area (Å²) in [6.45, 7) is 5.95. The van der Waals surface area contributed by atoms with Gasteiger partial charge in [0, 0.05) is 10.0 Å². The second-order valence-corrected chi connectivity index (χ2v) is 8.27. The van der Waals surface area contributed by atoms with Gasteiger partial charge < -0.3 is 4.90 Å². The molecule has 0 spiro atoms. The largest absolute Gasteiger partial charge is 0.329 e. The molecule has 0 radical (unpaired) electrons. The number of halogens is 1. The monoisotopic (exact) mass is 361 g/mol. The summed E-state index contributed by atoms with van der Waals surface area (Å²) in [5.41, 5.74) is 1.30. The van der Waals surface area contributed by atoms with E-state index in [-0.39, 0.29) is 5.75 Å². The van der Waals surface area contributed by atoms with Gasteiger partial charge in [-0.15, -0.1) is 0 Å². The Morgan fingerprint density at radius 3 is 2.35 bits per heavy atom. The standard InChI is InChI=1S/C14H21BrN2O2S/c1-2-11-20(18,19)17-9-7-16(8-10-17)12-13-3-5-14(15)6-4-13/h3-6H,2,7-12H2,1H3/p+1. The Morgan fingerprint density at radius 1 is 1.20 bits per heavy atom. The highest BCUT2D eigenvalue weighted by Gasteiger charge is 2.28. The lowest BCUT2D eigenvalue weighted by Gasteiger charge is -2.31. The maximum atomic E-state index is 12.0. The minimum absolute atomic E-state index is 0.273. The van der Waals surface area contributed by atoms with Crippen LogP contribution in [0.15, 0.2) is 28.7 Å². The van der Waals surface area contributed by atoms with Crippen LogP contribution in [-0.4, -0.2) is 44.7 Å². The highest BCUT2D eigenvalue weighted by Crippen LogP contribution is 2.10. The van der Waals surface area contributed by atoms with Crippen molar-refractivity contribution in [3.05, 3.63) is 34.3 Å². The van der Waals surface area contributed by atoms with Crippen LogP contribution in [-0.2, 0) is 16.6 Å². The first-order chi connectivity index (χ1) is 9.51. The van der Waals surface area contributed by atoms with Crippen molar-refractivity contribution in [1.29, 1.82) is 0 Å². The van der Waals surface area contributed by atoms with E-state index in [1.807, 2.05) is 6.92 Å². The number of rotatable bonds is 5. The van der Waals surface area contributed by atoms with E-state index >= 15 is 0 Å². The molecule has 0 unspecified atom stereocenters. The second-order valence-electron chi connectivity index (χ2n) is 5.27. The summed E-state index contributed by atoms with van der Waals surface area (Å²) in [5, 5.41) is 0. The maximum absolute atomic E-state index is 12.0. The van der Waals surface area contributed by atoms with Crippen molar-refractivity contribution in [1.82, 2.24) is 4.31 Å². The topological polar surface area (TPSA) is 41.8 Å². The molecule has 1 aliphatic heterocycles. The quantitative estimate of drug-likeness (QED) is 0.846. The molecule has 1 aromatic rings. The minimum Gasteiger partial charge on any atom is -0.329 e. The Morgan fingerprint density at radius 2 is 1.80 bits per heavy atom. The number of sulfonamides is 1. The minimum atomic E-state index is -3.02. The highest BCUT2D eigenvalue weighted by atomic mass is 79.9. The van der Waals surface area contributed by atoms with Crippen LogP contribution in [0.5, 0.6) is 0 Å². The fraction of sp³-hybridized carbons (Fsp3) is 0.571. The molecule has 0 bridgehead atoms. The van der Waals surface area contributed by atoms with Crippen LogP contribution in [0.3, 0.4) is 0 Å². The molecule has 0 amide bonds. The molecule has 0 atom stereocenters. The third-order valence-corrected chi connectivity index (χ3v) is 6.26. The van der Waals surface area contributed by atoms with Gasteiger partial charge in [0.25, 0.3) is 0 Å². The van der Waals surface area contributed by atoms with Crippen LogP contribution in [0.4, 0.5) is 0 Å². The van der Waals surface area contributed by atoms with E-state index in [0.29, 0.717) is 19.5 Å². The van der Waals surface area contributed by atoms with E-state index in [9.17, 15) is 8.42 Å². The Labute approximate surface area is 129 Å². The number of hydrogen-bond donors (Lipinski definition) is 1. The molecule has 1 aliphatic rings. The molecule has 1 heterocycles. The van der Waals surface area contributed by atoms with Gasteiger partial charge in [-0.2, -0.15) is 4.31 Å². The molecule has 4 nitrogen and oxygen atoms in total. The maximum Gasteiger partial charge on any atom is 0.214 e. The van der Waals surface area contributed by atoms with Crippen LogP contribution in [0.2, 0.25) is 0 Å². The van der Waals surface area contributed by atoms with Gasteiger partial charge in [0.1, 0.15) is 6.54 Å². The SMILES string of the molecule is CCCS(=O)(=O)N1CC[NH+](Cc2ccc(Br)cc2)CC1. The lowest BCUT2D eigenvalue weighted by Crippen LogP contribution is -3.13. The van der Waals surface area contributed by atoms with Crippen LogP contribution in [0, 0.1) is 0 Å². The second kappa shape index (κ2) is 7.02. The summed E-state index contributed by atoms with van der Waals surface area (Å²) in [6.07, 6.45) is 0.689. The molecule has 0 saturated carbocycles. The third kappa shape index (κ3) is 4.28. The Balaban J connectivity index is 1.87. The van der Waals surface area contributed by atoms with Gasteiger partial charge in [0.15, 0.2) is 0 Å². The summed E-state index contributed by atoms with van der Waals surface area (Å²) in [4.78, 5) is 1.45. The van der Waals surface area contributed by atoms with E-state index in [1.165, 1.54) is 10.5 Å². The fourth-order valence-electron chi connectivity index (χ4n) is 2.54. The number of quaternary nitrogens is 1. The molecule has 1 fully saturated rings. The summed E-state index contributed by atoms with van der Waals surface area (Å²) in [5.74, 6) is 0.273. The zero-order chi connectivity index (χ0) is 14.6. The average molecular weight is 362 g/mol. The Hall–Kier alpha value is -0.430. The van der Waals surface area contributed by atoms with Crippen LogP contribution in [0.1, 0.15) is 18.9 Å². The lowest BCUT2D eigenvalue weighted by atomic mass is 10.2. The zero-order valence-electron chi connectivity index (χ0n) is 11.8. The van der Waals surface area contributed by atoms with Gasteiger partial charge in [-0.05, 0) is 18.6 Å². The van der Waals surface area contributed by atoms with Gasteiger partial charge in [-0.1, -0.05) is 35.0 Å². The molecule has 2 rings (SSSR count). The number of nitrogens with zero attached hydrogens (tertiary/aromatic N) is 1. The summed E-state index contributed by atoms with van der Waals surface area (Å²) < 4.78 is 26.7. The van der Waals surface area contributed by atoms with Crippen LogP contribution < -0.4 is 4.90 Å². The van der Waals surface area contributed by atoms with Crippen LogP contribution >= 0.6 is 15.9 Å². The van der Waals surface area contributed by atoms with E-state index in [2.05, 4.69) is 40.2 Å². The molecule has 1 N–H and O–H groups in total. The average Bonchev–Trinajstić information content (AvgIpc) is 2.42. The van der Waals surface area contributed by atoms with Crippen molar-refractivity contribution < 1.29 is 13.3 Å². The van der Waals surface area contributed by atoms with E-state index in [4.69, 9.17) is 0 Å². The van der Waals surface area contributed by atoms with E-state index < -0.39 is 10.0 Å². The number of nitrogens with one attached hydrogen (secondary N) is 1. The molecule has 20 heavy (non-hydrogen) atoms. The van der Waals surface area contributed by atoms with Crippen molar-refractivity contribution in [3.8, 4) is 0 Å². The predicted octanol–water partition coefficient (Wildman–Crippen LogP) is 0.889.